The third kappa shape index (κ3) is 4.07. The van der Waals surface area contributed by atoms with E-state index in [-0.39, 0.29) is 11.8 Å². The summed E-state index contributed by atoms with van der Waals surface area (Å²) in [6, 6.07) is 11.4. The third-order valence-corrected chi connectivity index (χ3v) is 5.64. The molecule has 1 atom stereocenters. The Balaban J connectivity index is 1.73. The molecule has 1 aromatic carbocycles. The van der Waals surface area contributed by atoms with E-state index in [0.717, 1.165) is 32.1 Å². The van der Waals surface area contributed by atoms with Crippen molar-refractivity contribution in [1.82, 2.24) is 9.80 Å². The van der Waals surface area contributed by atoms with Crippen molar-refractivity contribution in [2.45, 2.75) is 38.1 Å². The third-order valence-electron chi connectivity index (χ3n) is 5.41. The largest absolute Gasteiger partial charge is 0.339 e. The van der Waals surface area contributed by atoms with Gasteiger partial charge in [-0.05, 0) is 24.3 Å². The van der Waals surface area contributed by atoms with Gasteiger partial charge in [0, 0.05) is 32.2 Å². The minimum Gasteiger partial charge on any atom is -0.339 e. The van der Waals surface area contributed by atoms with Crippen molar-refractivity contribution in [1.29, 1.82) is 0 Å². The van der Waals surface area contributed by atoms with Gasteiger partial charge in [0.25, 0.3) is 0 Å². The number of amides is 1. The summed E-state index contributed by atoms with van der Waals surface area (Å²) >= 11 is 5.70. The quantitative estimate of drug-likeness (QED) is 0.784. The fourth-order valence-corrected chi connectivity index (χ4v) is 4.38. The van der Waals surface area contributed by atoms with Gasteiger partial charge < -0.3 is 4.90 Å². The average molecular weight is 335 g/mol. The van der Waals surface area contributed by atoms with Crippen LogP contribution >= 0.6 is 11.6 Å². The second-order valence-corrected chi connectivity index (χ2v) is 7.07. The Hall–Kier alpha value is -1.06. The molecule has 0 N–H and O–H groups in total. The van der Waals surface area contributed by atoms with Crippen LogP contribution in [0, 0.1) is 5.92 Å². The Morgan fingerprint density at radius 3 is 2.30 bits per heavy atom. The van der Waals surface area contributed by atoms with E-state index in [2.05, 4.69) is 35.2 Å². The molecule has 1 aliphatic heterocycles. The molecule has 1 saturated heterocycles. The minimum absolute atomic E-state index is 0.0697. The molecule has 0 spiro atoms. The van der Waals surface area contributed by atoms with Gasteiger partial charge in [0.2, 0.25) is 5.91 Å². The van der Waals surface area contributed by atoms with Gasteiger partial charge in [-0.1, -0.05) is 49.6 Å². The fraction of sp³-hybridized carbons (Fsp3) is 0.632. The first-order valence-electron chi connectivity index (χ1n) is 8.92. The Morgan fingerprint density at radius 2 is 1.70 bits per heavy atom. The molecular formula is C19H27ClN2O. The summed E-state index contributed by atoms with van der Waals surface area (Å²) in [6.07, 6.45) is 6.77. The van der Waals surface area contributed by atoms with E-state index in [1.165, 1.54) is 37.7 Å². The van der Waals surface area contributed by atoms with E-state index < -0.39 is 0 Å². The van der Waals surface area contributed by atoms with Crippen molar-refractivity contribution >= 4 is 17.5 Å². The minimum atomic E-state index is 0.0697. The molecule has 3 rings (SSSR count). The number of carbonyl (C=O) groups excluding carboxylic acids is 1. The Kier molecular flexibility index (Phi) is 5.96. The summed E-state index contributed by atoms with van der Waals surface area (Å²) in [5.41, 5.74) is 1.44. The van der Waals surface area contributed by atoms with Crippen molar-refractivity contribution in [3.63, 3.8) is 0 Å². The van der Waals surface area contributed by atoms with Crippen LogP contribution in [0.4, 0.5) is 0 Å². The van der Waals surface area contributed by atoms with Crippen LogP contribution in [0.5, 0.6) is 0 Å². The summed E-state index contributed by atoms with van der Waals surface area (Å²) in [6.45, 7) is 3.53. The molecule has 0 radical (unpaired) electrons. The molecule has 23 heavy (non-hydrogen) atoms. The molecule has 1 heterocycles. The first-order chi connectivity index (χ1) is 11.3. The summed E-state index contributed by atoms with van der Waals surface area (Å²) in [4.78, 5) is 16.3. The predicted octanol–water partition coefficient (Wildman–Crippen LogP) is 3.69. The van der Waals surface area contributed by atoms with Gasteiger partial charge in [0.1, 0.15) is 5.88 Å². The van der Waals surface area contributed by atoms with Crippen molar-refractivity contribution in [2.75, 3.05) is 32.1 Å². The smallest absolute Gasteiger partial charge is 0.237 e. The van der Waals surface area contributed by atoms with Gasteiger partial charge in [-0.2, -0.15) is 0 Å². The number of piperazine rings is 1. The van der Waals surface area contributed by atoms with Gasteiger partial charge in [-0.3, -0.25) is 9.69 Å². The number of halogens is 1. The SMILES string of the molecule is O=C(CCl)N1CCN(C(c2ccccc2)C2CCCCC2)CC1. The maximum Gasteiger partial charge on any atom is 0.237 e. The highest BCUT2D eigenvalue weighted by Crippen LogP contribution is 2.38. The topological polar surface area (TPSA) is 23.6 Å². The molecule has 2 aliphatic rings. The van der Waals surface area contributed by atoms with Crippen LogP contribution in [0.3, 0.4) is 0 Å². The number of carbonyl (C=O) groups is 1. The molecule has 1 saturated carbocycles. The van der Waals surface area contributed by atoms with E-state index in [0.29, 0.717) is 6.04 Å². The predicted molar refractivity (Wildman–Crippen MR) is 94.6 cm³/mol. The van der Waals surface area contributed by atoms with Gasteiger partial charge in [0.15, 0.2) is 0 Å². The van der Waals surface area contributed by atoms with Crippen molar-refractivity contribution in [2.24, 2.45) is 5.92 Å². The van der Waals surface area contributed by atoms with Gasteiger partial charge in [-0.25, -0.2) is 0 Å². The molecule has 1 aliphatic carbocycles. The van der Waals surface area contributed by atoms with Crippen LogP contribution in [0.2, 0.25) is 0 Å². The Bertz CT molecular complexity index is 493. The fourth-order valence-electron chi connectivity index (χ4n) is 4.22. The monoisotopic (exact) mass is 334 g/mol. The van der Waals surface area contributed by atoms with Crippen LogP contribution in [-0.2, 0) is 4.79 Å². The highest BCUT2D eigenvalue weighted by molar-refractivity contribution is 6.27. The number of alkyl halides is 1. The van der Waals surface area contributed by atoms with Gasteiger partial charge in [0.05, 0.1) is 0 Å². The van der Waals surface area contributed by atoms with Gasteiger partial charge >= 0.3 is 0 Å². The first kappa shape index (κ1) is 16.8. The lowest BCUT2D eigenvalue weighted by Crippen LogP contribution is -2.51. The maximum atomic E-state index is 11.8. The van der Waals surface area contributed by atoms with Crippen molar-refractivity contribution in [3.8, 4) is 0 Å². The number of benzene rings is 1. The van der Waals surface area contributed by atoms with E-state index >= 15 is 0 Å². The highest BCUT2D eigenvalue weighted by atomic mass is 35.5. The second-order valence-electron chi connectivity index (χ2n) is 6.80. The highest BCUT2D eigenvalue weighted by Gasteiger charge is 2.32. The molecule has 3 nitrogen and oxygen atoms in total. The molecule has 2 fully saturated rings. The lowest BCUT2D eigenvalue weighted by atomic mass is 9.80. The van der Waals surface area contributed by atoms with Crippen molar-refractivity contribution < 1.29 is 4.79 Å². The average Bonchev–Trinajstić information content (AvgIpc) is 2.64. The molecule has 1 aromatic rings. The van der Waals surface area contributed by atoms with Crippen LogP contribution < -0.4 is 0 Å². The molecule has 0 bridgehead atoms. The Morgan fingerprint density at radius 1 is 1.04 bits per heavy atom. The van der Waals surface area contributed by atoms with E-state index in [4.69, 9.17) is 11.6 Å². The van der Waals surface area contributed by atoms with Crippen LogP contribution in [-0.4, -0.2) is 47.8 Å². The second kappa shape index (κ2) is 8.16. The summed E-state index contributed by atoms with van der Waals surface area (Å²) in [5, 5.41) is 0. The summed E-state index contributed by atoms with van der Waals surface area (Å²) in [7, 11) is 0. The maximum absolute atomic E-state index is 11.8. The number of hydrogen-bond acceptors (Lipinski definition) is 2. The standard InChI is InChI=1S/C19H27ClN2O/c20-15-18(23)21-11-13-22(14-12-21)19(16-7-3-1-4-8-16)17-9-5-2-6-10-17/h1,3-4,7-8,17,19H,2,5-6,9-15H2. The number of hydrogen-bond donors (Lipinski definition) is 0. The Labute approximate surface area is 144 Å². The zero-order valence-corrected chi connectivity index (χ0v) is 14.5. The number of nitrogens with zero attached hydrogens (tertiary/aromatic N) is 2. The lowest BCUT2D eigenvalue weighted by Gasteiger charge is -2.43. The number of rotatable bonds is 4. The normalized spacial score (nSPS) is 22.0. The van der Waals surface area contributed by atoms with Gasteiger partial charge in [-0.15, -0.1) is 11.6 Å². The van der Waals surface area contributed by atoms with Crippen LogP contribution in [0.1, 0.15) is 43.7 Å². The summed E-state index contributed by atoms with van der Waals surface area (Å²) < 4.78 is 0. The molecule has 0 aromatic heterocycles. The zero-order valence-electron chi connectivity index (χ0n) is 13.8. The van der Waals surface area contributed by atoms with Crippen LogP contribution in [0.15, 0.2) is 30.3 Å². The molecular weight excluding hydrogens is 308 g/mol. The first-order valence-corrected chi connectivity index (χ1v) is 9.46. The van der Waals surface area contributed by atoms with Crippen LogP contribution in [0.25, 0.3) is 0 Å². The van der Waals surface area contributed by atoms with E-state index in [9.17, 15) is 4.79 Å². The van der Waals surface area contributed by atoms with E-state index in [1.807, 2.05) is 4.90 Å². The molecule has 4 heteroatoms. The molecule has 1 unspecified atom stereocenters. The summed E-state index contributed by atoms with van der Waals surface area (Å²) in [5.74, 6) is 0.923. The van der Waals surface area contributed by atoms with Crippen molar-refractivity contribution in [3.05, 3.63) is 35.9 Å². The van der Waals surface area contributed by atoms with E-state index in [1.54, 1.807) is 0 Å². The lowest BCUT2D eigenvalue weighted by molar-refractivity contribution is -0.130. The molecule has 1 amide bonds. The zero-order chi connectivity index (χ0) is 16.1. The molecule has 126 valence electrons.